The second kappa shape index (κ2) is 6.75. The maximum atomic E-state index is 11.4. The third-order valence-corrected chi connectivity index (χ3v) is 1.95. The number of ether oxygens (including phenoxy) is 3. The van der Waals surface area contributed by atoms with Crippen LogP contribution in [0.25, 0.3) is 0 Å². The molecule has 0 aliphatic heterocycles. The van der Waals surface area contributed by atoms with Crippen LogP contribution in [-0.4, -0.2) is 32.4 Å². The van der Waals surface area contributed by atoms with E-state index in [1.54, 1.807) is 38.3 Å². The van der Waals surface area contributed by atoms with Gasteiger partial charge >= 0.3 is 5.97 Å². The molecule has 0 aromatic heterocycles. The molecule has 1 rings (SSSR count). The van der Waals surface area contributed by atoms with Crippen LogP contribution in [0.2, 0.25) is 0 Å². The fraction of sp³-hybridized carbons (Fsp3) is 0.417. The molecule has 5 heteroatoms. The van der Waals surface area contributed by atoms with Crippen LogP contribution in [0.3, 0.4) is 0 Å². The van der Waals surface area contributed by atoms with E-state index >= 15 is 0 Å². The molecule has 0 aliphatic rings. The van der Waals surface area contributed by atoms with E-state index < -0.39 is 5.97 Å². The van der Waals surface area contributed by atoms with Crippen LogP contribution in [0.15, 0.2) is 24.3 Å². The molecule has 0 fully saturated rings. The van der Waals surface area contributed by atoms with Crippen molar-refractivity contribution in [1.82, 2.24) is 0 Å². The molecule has 0 radical (unpaired) electrons. The van der Waals surface area contributed by atoms with Gasteiger partial charge in [-0.1, -0.05) is 6.07 Å². The lowest BCUT2D eigenvalue weighted by Crippen LogP contribution is -2.23. The second-order valence-electron chi connectivity index (χ2n) is 3.62. The number of carbonyl (C=O) groups excluding carboxylic acids is 1. The molecule has 1 unspecified atom stereocenters. The zero-order valence-corrected chi connectivity index (χ0v) is 10.0. The van der Waals surface area contributed by atoms with E-state index in [1.807, 2.05) is 0 Å². The van der Waals surface area contributed by atoms with Crippen LogP contribution < -0.4 is 10.5 Å². The van der Waals surface area contributed by atoms with Gasteiger partial charge in [-0.15, -0.1) is 0 Å². The standard InChI is InChI=1S/C12H17NO4/c1-9(7-15-2)17-12(14)8-16-11-5-3-4-10(13)6-11/h3-6,9H,7-8,13H2,1-2H3. The van der Waals surface area contributed by atoms with Crippen molar-refractivity contribution in [1.29, 1.82) is 0 Å². The van der Waals surface area contributed by atoms with Crippen molar-refractivity contribution in [3.8, 4) is 5.75 Å². The Morgan fingerprint density at radius 1 is 1.47 bits per heavy atom. The second-order valence-corrected chi connectivity index (χ2v) is 3.62. The van der Waals surface area contributed by atoms with Gasteiger partial charge in [0.15, 0.2) is 6.61 Å². The van der Waals surface area contributed by atoms with Gasteiger partial charge < -0.3 is 19.9 Å². The van der Waals surface area contributed by atoms with Gasteiger partial charge in [0.05, 0.1) is 6.61 Å². The Morgan fingerprint density at radius 2 is 2.24 bits per heavy atom. The molecule has 17 heavy (non-hydrogen) atoms. The number of nitrogen functional groups attached to an aromatic ring is 1. The molecule has 5 nitrogen and oxygen atoms in total. The maximum absolute atomic E-state index is 11.4. The molecule has 0 bridgehead atoms. The first-order valence-corrected chi connectivity index (χ1v) is 5.28. The molecule has 1 aromatic carbocycles. The van der Waals surface area contributed by atoms with E-state index in [9.17, 15) is 4.79 Å². The fourth-order valence-electron chi connectivity index (χ4n) is 1.27. The third kappa shape index (κ3) is 5.21. The molecule has 0 heterocycles. The number of anilines is 1. The minimum Gasteiger partial charge on any atom is -0.482 e. The van der Waals surface area contributed by atoms with Crippen molar-refractivity contribution >= 4 is 11.7 Å². The van der Waals surface area contributed by atoms with Gasteiger partial charge in [0.1, 0.15) is 11.9 Å². The SMILES string of the molecule is COCC(C)OC(=O)COc1cccc(N)c1. The smallest absolute Gasteiger partial charge is 0.344 e. The van der Waals surface area contributed by atoms with Crippen LogP contribution in [0.1, 0.15) is 6.92 Å². The first kappa shape index (κ1) is 13.3. The summed E-state index contributed by atoms with van der Waals surface area (Å²) in [5.41, 5.74) is 6.16. The van der Waals surface area contributed by atoms with Crippen molar-refractivity contribution < 1.29 is 19.0 Å². The van der Waals surface area contributed by atoms with Crippen molar-refractivity contribution in [2.24, 2.45) is 0 Å². The van der Waals surface area contributed by atoms with E-state index in [4.69, 9.17) is 19.9 Å². The molecule has 1 atom stereocenters. The van der Waals surface area contributed by atoms with E-state index in [0.717, 1.165) is 0 Å². The van der Waals surface area contributed by atoms with Gasteiger partial charge in [0, 0.05) is 18.9 Å². The monoisotopic (exact) mass is 239 g/mol. The summed E-state index contributed by atoms with van der Waals surface area (Å²) >= 11 is 0. The highest BCUT2D eigenvalue weighted by Crippen LogP contribution is 2.14. The molecule has 1 aromatic rings. The normalized spacial score (nSPS) is 11.9. The molecule has 0 amide bonds. The van der Waals surface area contributed by atoms with Crippen molar-refractivity contribution in [3.05, 3.63) is 24.3 Å². The number of benzene rings is 1. The van der Waals surface area contributed by atoms with Gasteiger partial charge in [0.25, 0.3) is 0 Å². The Kier molecular flexibility index (Phi) is 5.29. The quantitative estimate of drug-likeness (QED) is 0.597. The van der Waals surface area contributed by atoms with Crippen molar-refractivity contribution in [2.45, 2.75) is 13.0 Å². The predicted molar refractivity (Wildman–Crippen MR) is 63.8 cm³/mol. The Labute approximate surface area is 100 Å². The van der Waals surface area contributed by atoms with Crippen LogP contribution >= 0.6 is 0 Å². The minimum absolute atomic E-state index is 0.141. The maximum Gasteiger partial charge on any atom is 0.344 e. The average molecular weight is 239 g/mol. The summed E-state index contributed by atoms with van der Waals surface area (Å²) in [6.45, 7) is 1.98. The topological polar surface area (TPSA) is 70.8 Å². The minimum atomic E-state index is -0.433. The molecule has 0 saturated carbocycles. The molecule has 0 aliphatic carbocycles. The van der Waals surface area contributed by atoms with Crippen LogP contribution in [0.5, 0.6) is 5.75 Å². The zero-order chi connectivity index (χ0) is 12.7. The van der Waals surface area contributed by atoms with Gasteiger partial charge in [-0.2, -0.15) is 0 Å². The van der Waals surface area contributed by atoms with Crippen molar-refractivity contribution in [3.63, 3.8) is 0 Å². The summed E-state index contributed by atoms with van der Waals surface area (Å²) in [4.78, 5) is 11.4. The summed E-state index contributed by atoms with van der Waals surface area (Å²) in [6.07, 6.45) is -0.281. The van der Waals surface area contributed by atoms with Crippen LogP contribution in [0.4, 0.5) is 5.69 Å². The largest absolute Gasteiger partial charge is 0.482 e. The Bertz CT molecular complexity index is 367. The van der Waals surface area contributed by atoms with Gasteiger partial charge in [0.2, 0.25) is 0 Å². The number of nitrogens with two attached hydrogens (primary N) is 1. The predicted octanol–water partition coefficient (Wildman–Crippen LogP) is 1.23. The molecule has 2 N–H and O–H groups in total. The van der Waals surface area contributed by atoms with E-state index in [2.05, 4.69) is 0 Å². The highest BCUT2D eigenvalue weighted by atomic mass is 16.6. The number of methoxy groups -OCH3 is 1. The number of hydrogen-bond acceptors (Lipinski definition) is 5. The number of esters is 1. The molecular formula is C12H17NO4. The Balaban J connectivity index is 2.33. The summed E-state index contributed by atoms with van der Waals surface area (Å²) in [5.74, 6) is 0.110. The summed E-state index contributed by atoms with van der Waals surface area (Å²) in [5, 5.41) is 0. The summed E-state index contributed by atoms with van der Waals surface area (Å²) < 4.78 is 15.1. The molecule has 0 saturated heterocycles. The highest BCUT2D eigenvalue weighted by molar-refractivity contribution is 5.71. The first-order chi connectivity index (χ1) is 8.11. The highest BCUT2D eigenvalue weighted by Gasteiger charge is 2.09. The first-order valence-electron chi connectivity index (χ1n) is 5.28. The molecule has 0 spiro atoms. The molecule has 94 valence electrons. The number of hydrogen-bond donors (Lipinski definition) is 1. The van der Waals surface area contributed by atoms with Gasteiger partial charge in [-0.05, 0) is 19.1 Å². The lowest BCUT2D eigenvalue weighted by Gasteiger charge is -2.12. The lowest BCUT2D eigenvalue weighted by molar-refractivity contribution is -0.152. The Hall–Kier alpha value is -1.75. The van der Waals surface area contributed by atoms with E-state index in [1.165, 1.54) is 0 Å². The zero-order valence-electron chi connectivity index (χ0n) is 10.0. The third-order valence-electron chi connectivity index (χ3n) is 1.95. The van der Waals surface area contributed by atoms with Crippen molar-refractivity contribution in [2.75, 3.05) is 26.1 Å². The Morgan fingerprint density at radius 3 is 2.88 bits per heavy atom. The van der Waals surface area contributed by atoms with E-state index in [-0.39, 0.29) is 12.7 Å². The summed E-state index contributed by atoms with van der Waals surface area (Å²) in [7, 11) is 1.55. The molecular weight excluding hydrogens is 222 g/mol. The van der Waals surface area contributed by atoms with Gasteiger partial charge in [-0.3, -0.25) is 0 Å². The average Bonchev–Trinajstić information content (AvgIpc) is 2.27. The van der Waals surface area contributed by atoms with Crippen LogP contribution in [0, 0.1) is 0 Å². The number of rotatable bonds is 6. The lowest BCUT2D eigenvalue weighted by atomic mass is 10.3. The fourth-order valence-corrected chi connectivity index (χ4v) is 1.27. The van der Waals surface area contributed by atoms with E-state index in [0.29, 0.717) is 18.0 Å². The van der Waals surface area contributed by atoms with Crippen LogP contribution in [-0.2, 0) is 14.3 Å². The van der Waals surface area contributed by atoms with Gasteiger partial charge in [-0.25, -0.2) is 4.79 Å². The number of carbonyl (C=O) groups is 1. The summed E-state index contributed by atoms with van der Waals surface area (Å²) in [6, 6.07) is 6.86.